The molecule has 0 bridgehead atoms. The maximum atomic E-state index is 9.02. The highest BCUT2D eigenvalue weighted by atomic mass is 16.5. The number of imidazole rings is 1. The van der Waals surface area contributed by atoms with E-state index in [1.165, 1.54) is 0 Å². The zero-order valence-electron chi connectivity index (χ0n) is 13.5. The lowest BCUT2D eigenvalue weighted by molar-refractivity contribution is 0.411. The van der Waals surface area contributed by atoms with Gasteiger partial charge in [-0.3, -0.25) is 0 Å². The SMILES string of the molecule is COc1cc(C)c2[nH]ccc2c1Cc1nc2cc(C#N)ccc2[nH]1. The van der Waals surface area contributed by atoms with Crippen LogP contribution in [0.15, 0.2) is 36.5 Å². The molecule has 4 rings (SSSR count). The summed E-state index contributed by atoms with van der Waals surface area (Å²) in [6, 6.07) is 11.7. The molecule has 0 aliphatic rings. The number of aryl methyl sites for hydroxylation is 1. The molecule has 0 atom stereocenters. The summed E-state index contributed by atoms with van der Waals surface area (Å²) in [6.07, 6.45) is 2.58. The molecule has 4 aromatic rings. The quantitative estimate of drug-likeness (QED) is 0.603. The molecule has 0 unspecified atom stereocenters. The van der Waals surface area contributed by atoms with Crippen LogP contribution in [0.3, 0.4) is 0 Å². The molecule has 5 nitrogen and oxygen atoms in total. The lowest BCUT2D eigenvalue weighted by atomic mass is 10.0. The van der Waals surface area contributed by atoms with Crippen LogP contribution in [0.25, 0.3) is 21.9 Å². The molecule has 0 saturated heterocycles. The summed E-state index contributed by atoms with van der Waals surface area (Å²) in [5.74, 6) is 1.71. The third-order valence-corrected chi connectivity index (χ3v) is 4.34. The van der Waals surface area contributed by atoms with Crippen molar-refractivity contribution >= 4 is 21.9 Å². The van der Waals surface area contributed by atoms with Gasteiger partial charge in [0.25, 0.3) is 0 Å². The van der Waals surface area contributed by atoms with Gasteiger partial charge in [-0.15, -0.1) is 0 Å². The number of hydrogen-bond donors (Lipinski definition) is 2. The van der Waals surface area contributed by atoms with Gasteiger partial charge < -0.3 is 14.7 Å². The fourth-order valence-electron chi connectivity index (χ4n) is 3.18. The van der Waals surface area contributed by atoms with E-state index in [9.17, 15) is 0 Å². The molecular weight excluding hydrogens is 300 g/mol. The van der Waals surface area contributed by atoms with Gasteiger partial charge in [0, 0.05) is 29.1 Å². The molecule has 0 aliphatic heterocycles. The number of aromatic amines is 2. The number of fused-ring (bicyclic) bond motifs is 2. The number of nitriles is 1. The van der Waals surface area contributed by atoms with E-state index in [0.29, 0.717) is 12.0 Å². The van der Waals surface area contributed by atoms with Crippen molar-refractivity contribution in [3.8, 4) is 11.8 Å². The lowest BCUT2D eigenvalue weighted by Gasteiger charge is -2.11. The predicted molar refractivity (Wildman–Crippen MR) is 93.2 cm³/mol. The van der Waals surface area contributed by atoms with Crippen LogP contribution >= 0.6 is 0 Å². The minimum atomic E-state index is 0.612. The summed E-state index contributed by atoms with van der Waals surface area (Å²) >= 11 is 0. The number of H-pyrrole nitrogens is 2. The fourth-order valence-corrected chi connectivity index (χ4v) is 3.18. The molecule has 118 valence electrons. The summed E-state index contributed by atoms with van der Waals surface area (Å²) in [7, 11) is 1.69. The van der Waals surface area contributed by atoms with Crippen LogP contribution in [-0.2, 0) is 6.42 Å². The van der Waals surface area contributed by atoms with Gasteiger partial charge in [0.05, 0.1) is 29.8 Å². The molecular formula is C19H16N4O. The average molecular weight is 316 g/mol. The number of nitrogens with zero attached hydrogens (tertiary/aromatic N) is 2. The number of methoxy groups -OCH3 is 1. The van der Waals surface area contributed by atoms with Gasteiger partial charge in [0.15, 0.2) is 0 Å². The molecule has 0 aliphatic carbocycles. The summed E-state index contributed by atoms with van der Waals surface area (Å²) in [5, 5.41) is 10.2. The molecule has 0 spiro atoms. The van der Waals surface area contributed by atoms with Crippen LogP contribution in [-0.4, -0.2) is 22.1 Å². The van der Waals surface area contributed by atoms with Crippen molar-refractivity contribution in [1.29, 1.82) is 5.26 Å². The van der Waals surface area contributed by atoms with Crippen molar-refractivity contribution < 1.29 is 4.74 Å². The molecule has 2 aromatic carbocycles. The van der Waals surface area contributed by atoms with Crippen LogP contribution < -0.4 is 4.74 Å². The van der Waals surface area contributed by atoms with E-state index >= 15 is 0 Å². The van der Waals surface area contributed by atoms with Crippen molar-refractivity contribution in [3.05, 3.63) is 59.0 Å². The highest BCUT2D eigenvalue weighted by Crippen LogP contribution is 2.32. The zero-order valence-corrected chi connectivity index (χ0v) is 13.5. The van der Waals surface area contributed by atoms with Gasteiger partial charge >= 0.3 is 0 Å². The summed E-state index contributed by atoms with van der Waals surface area (Å²) in [6.45, 7) is 2.07. The Labute approximate surface area is 138 Å². The van der Waals surface area contributed by atoms with Crippen LogP contribution in [0.2, 0.25) is 0 Å². The van der Waals surface area contributed by atoms with Gasteiger partial charge in [-0.1, -0.05) is 0 Å². The first kappa shape index (κ1) is 14.3. The molecule has 5 heteroatoms. The van der Waals surface area contributed by atoms with Crippen LogP contribution in [0.1, 0.15) is 22.5 Å². The van der Waals surface area contributed by atoms with Gasteiger partial charge in [0.1, 0.15) is 11.6 Å². The van der Waals surface area contributed by atoms with E-state index in [1.807, 2.05) is 18.3 Å². The molecule has 0 fully saturated rings. The second kappa shape index (κ2) is 5.43. The summed E-state index contributed by atoms with van der Waals surface area (Å²) in [4.78, 5) is 11.2. The molecule has 0 saturated carbocycles. The van der Waals surface area contributed by atoms with E-state index < -0.39 is 0 Å². The van der Waals surface area contributed by atoms with Crippen molar-refractivity contribution in [2.75, 3.05) is 7.11 Å². The molecule has 0 amide bonds. The van der Waals surface area contributed by atoms with Crippen LogP contribution in [0, 0.1) is 18.3 Å². The Balaban J connectivity index is 1.83. The summed E-state index contributed by atoms with van der Waals surface area (Å²) in [5.41, 5.74) is 5.72. The minimum absolute atomic E-state index is 0.612. The van der Waals surface area contributed by atoms with Crippen molar-refractivity contribution in [2.45, 2.75) is 13.3 Å². The Bertz CT molecular complexity index is 1100. The molecule has 2 aromatic heterocycles. The maximum absolute atomic E-state index is 9.02. The third-order valence-electron chi connectivity index (χ3n) is 4.34. The Morgan fingerprint density at radius 3 is 2.92 bits per heavy atom. The molecule has 24 heavy (non-hydrogen) atoms. The Morgan fingerprint density at radius 2 is 2.12 bits per heavy atom. The highest BCUT2D eigenvalue weighted by Gasteiger charge is 2.14. The first-order valence-corrected chi connectivity index (χ1v) is 7.72. The van der Waals surface area contributed by atoms with Crippen LogP contribution in [0.4, 0.5) is 0 Å². The number of aromatic nitrogens is 3. The topological polar surface area (TPSA) is 77.5 Å². The molecule has 2 heterocycles. The first-order valence-electron chi connectivity index (χ1n) is 7.72. The van der Waals surface area contributed by atoms with E-state index in [0.717, 1.165) is 44.6 Å². The Kier molecular flexibility index (Phi) is 3.24. The Morgan fingerprint density at radius 1 is 1.25 bits per heavy atom. The zero-order chi connectivity index (χ0) is 16.7. The molecule has 0 radical (unpaired) electrons. The lowest BCUT2D eigenvalue weighted by Crippen LogP contribution is -1.97. The van der Waals surface area contributed by atoms with Crippen molar-refractivity contribution in [2.24, 2.45) is 0 Å². The van der Waals surface area contributed by atoms with Crippen molar-refractivity contribution in [1.82, 2.24) is 15.0 Å². The second-order valence-electron chi connectivity index (χ2n) is 5.84. The normalized spacial score (nSPS) is 11.0. The van der Waals surface area contributed by atoms with Gasteiger partial charge in [-0.2, -0.15) is 5.26 Å². The standard InChI is InChI=1S/C19H16N4O/c1-11-7-17(24-2)14(13-5-6-21-19(11)13)9-18-22-15-4-3-12(10-20)8-16(15)23-18/h3-8,21H,9H2,1-2H3,(H,22,23). The first-order chi connectivity index (χ1) is 11.7. The monoisotopic (exact) mass is 316 g/mol. The fraction of sp³-hybridized carbons (Fsp3) is 0.158. The highest BCUT2D eigenvalue weighted by molar-refractivity contribution is 5.88. The number of ether oxygens (including phenoxy) is 1. The predicted octanol–water partition coefficient (Wildman–Crippen LogP) is 3.82. The maximum Gasteiger partial charge on any atom is 0.123 e. The van der Waals surface area contributed by atoms with Crippen molar-refractivity contribution in [3.63, 3.8) is 0 Å². The average Bonchev–Trinajstić information content (AvgIpc) is 3.22. The largest absolute Gasteiger partial charge is 0.496 e. The summed E-state index contributed by atoms with van der Waals surface area (Å²) < 4.78 is 5.59. The van der Waals surface area contributed by atoms with E-state index in [4.69, 9.17) is 10.00 Å². The van der Waals surface area contributed by atoms with E-state index in [-0.39, 0.29) is 0 Å². The number of hydrogen-bond acceptors (Lipinski definition) is 3. The molecule has 2 N–H and O–H groups in total. The van der Waals surface area contributed by atoms with Crippen LogP contribution in [0.5, 0.6) is 5.75 Å². The Hall–Kier alpha value is -3.26. The smallest absolute Gasteiger partial charge is 0.123 e. The van der Waals surface area contributed by atoms with Gasteiger partial charge in [0.2, 0.25) is 0 Å². The third kappa shape index (κ3) is 2.20. The second-order valence-corrected chi connectivity index (χ2v) is 5.84. The number of rotatable bonds is 3. The minimum Gasteiger partial charge on any atom is -0.496 e. The van der Waals surface area contributed by atoms with E-state index in [1.54, 1.807) is 19.2 Å². The number of benzene rings is 2. The number of nitrogens with one attached hydrogen (secondary N) is 2. The van der Waals surface area contributed by atoms with Gasteiger partial charge in [-0.25, -0.2) is 4.98 Å². The van der Waals surface area contributed by atoms with Gasteiger partial charge in [-0.05, 0) is 42.8 Å². The van der Waals surface area contributed by atoms with E-state index in [2.05, 4.69) is 34.0 Å².